The minimum absolute atomic E-state index is 0.0994. The van der Waals surface area contributed by atoms with Crippen LogP contribution in [0.4, 0.5) is 0 Å². The maximum atomic E-state index is 12.7. The van der Waals surface area contributed by atoms with Gasteiger partial charge in [0.25, 0.3) is 5.91 Å². The smallest absolute Gasteiger partial charge is 0.292 e. The van der Waals surface area contributed by atoms with Crippen LogP contribution in [0.1, 0.15) is 27.4 Å². The lowest BCUT2D eigenvalue weighted by Crippen LogP contribution is -2.31. The summed E-state index contributed by atoms with van der Waals surface area (Å²) in [6, 6.07) is 14.6. The molecule has 2 heterocycles. The normalized spacial score (nSPS) is 13.6. The molecule has 0 atom stereocenters. The largest absolute Gasteiger partial charge is 0.350 e. The first-order chi connectivity index (χ1) is 12.2. The van der Waals surface area contributed by atoms with Crippen molar-refractivity contribution in [2.45, 2.75) is 19.4 Å². The molecule has 0 fully saturated rings. The van der Waals surface area contributed by atoms with Gasteiger partial charge < -0.3 is 14.7 Å². The number of benzene rings is 2. The number of carbonyl (C=O) groups excluding carboxylic acids is 1. The number of carbonyl (C=O) groups is 1. The number of aromatic nitrogens is 1. The van der Waals surface area contributed by atoms with Gasteiger partial charge in [-0.3, -0.25) is 4.79 Å². The third-order valence-electron chi connectivity index (χ3n) is 4.85. The Morgan fingerprint density at radius 1 is 1.24 bits per heavy atom. The van der Waals surface area contributed by atoms with Crippen molar-refractivity contribution in [2.24, 2.45) is 0 Å². The van der Waals surface area contributed by atoms with Crippen LogP contribution in [0.2, 0.25) is 0 Å². The molecule has 0 saturated carbocycles. The van der Waals surface area contributed by atoms with Crippen LogP contribution in [0.3, 0.4) is 0 Å². The Morgan fingerprint density at radius 2 is 2.08 bits per heavy atom. The van der Waals surface area contributed by atoms with E-state index in [1.54, 1.807) is 4.90 Å². The van der Waals surface area contributed by atoms with E-state index in [1.165, 1.54) is 16.3 Å². The molecule has 0 spiro atoms. The van der Waals surface area contributed by atoms with Gasteiger partial charge >= 0.3 is 0 Å². The summed E-state index contributed by atoms with van der Waals surface area (Å²) in [6.45, 7) is 2.16. The number of amides is 1. The quantitative estimate of drug-likeness (QED) is 0.796. The highest BCUT2D eigenvalue weighted by Crippen LogP contribution is 2.21. The topological polar surface area (TPSA) is 58.4 Å². The van der Waals surface area contributed by atoms with Crippen molar-refractivity contribution in [1.82, 2.24) is 15.4 Å². The van der Waals surface area contributed by atoms with Gasteiger partial charge in [-0.1, -0.05) is 47.6 Å². The Hall–Kier alpha value is -2.66. The van der Waals surface area contributed by atoms with Gasteiger partial charge in [0.05, 0.1) is 5.69 Å². The van der Waals surface area contributed by atoms with Crippen LogP contribution >= 0.6 is 0 Å². The number of likely N-dealkylation sites (N-methyl/N-ethyl adjacent to an activating group) is 1. The predicted octanol–water partition coefficient (Wildman–Crippen LogP) is 2.79. The van der Waals surface area contributed by atoms with Crippen LogP contribution in [-0.4, -0.2) is 36.1 Å². The fraction of sp³-hybridized carbons (Fsp3) is 0.300. The molecule has 0 radical (unpaired) electrons. The number of nitrogens with one attached hydrogen (secondary N) is 1. The second kappa shape index (κ2) is 6.69. The minimum atomic E-state index is -0.0994. The van der Waals surface area contributed by atoms with Crippen LogP contribution in [-0.2, 0) is 19.4 Å². The third-order valence-corrected chi connectivity index (χ3v) is 4.85. The second-order valence-electron chi connectivity index (χ2n) is 6.48. The predicted molar refractivity (Wildman–Crippen MR) is 96.5 cm³/mol. The summed E-state index contributed by atoms with van der Waals surface area (Å²) < 4.78 is 5.34. The summed E-state index contributed by atoms with van der Waals surface area (Å²) >= 11 is 0. The number of nitrogens with zero attached hydrogens (tertiary/aromatic N) is 2. The molecule has 0 aliphatic carbocycles. The molecule has 5 nitrogen and oxygen atoms in total. The van der Waals surface area contributed by atoms with Gasteiger partial charge in [-0.05, 0) is 22.8 Å². The number of hydrogen-bond acceptors (Lipinski definition) is 4. The Balaban J connectivity index is 1.49. The van der Waals surface area contributed by atoms with Crippen molar-refractivity contribution in [2.75, 3.05) is 20.1 Å². The van der Waals surface area contributed by atoms with Gasteiger partial charge in [0.1, 0.15) is 0 Å². The van der Waals surface area contributed by atoms with E-state index in [0.717, 1.165) is 30.6 Å². The Bertz CT molecular complexity index is 911. The van der Waals surface area contributed by atoms with Crippen molar-refractivity contribution < 1.29 is 9.32 Å². The molecule has 3 aromatic rings. The van der Waals surface area contributed by atoms with E-state index in [4.69, 9.17) is 4.52 Å². The van der Waals surface area contributed by atoms with Crippen molar-refractivity contribution in [1.29, 1.82) is 0 Å². The average Bonchev–Trinajstić information content (AvgIpc) is 3.09. The molecular formula is C20H21N3O2. The first-order valence-electron chi connectivity index (χ1n) is 8.64. The van der Waals surface area contributed by atoms with Gasteiger partial charge in [0.2, 0.25) is 5.76 Å². The van der Waals surface area contributed by atoms with Crippen molar-refractivity contribution in [3.05, 3.63) is 65.0 Å². The van der Waals surface area contributed by atoms with Crippen LogP contribution in [0.5, 0.6) is 0 Å². The Labute approximate surface area is 146 Å². The maximum Gasteiger partial charge on any atom is 0.292 e. The third kappa shape index (κ3) is 3.03. The number of rotatable bonds is 4. The molecule has 5 heteroatoms. The van der Waals surface area contributed by atoms with E-state index < -0.39 is 0 Å². The average molecular weight is 335 g/mol. The summed E-state index contributed by atoms with van der Waals surface area (Å²) in [4.78, 5) is 14.4. The molecule has 1 N–H and O–H groups in total. The minimum Gasteiger partial charge on any atom is -0.350 e. The van der Waals surface area contributed by atoms with Crippen LogP contribution in [0.25, 0.3) is 10.8 Å². The van der Waals surface area contributed by atoms with Crippen molar-refractivity contribution in [3.8, 4) is 0 Å². The Kier molecular flexibility index (Phi) is 4.24. The van der Waals surface area contributed by atoms with Crippen molar-refractivity contribution >= 4 is 16.7 Å². The summed E-state index contributed by atoms with van der Waals surface area (Å²) in [6.07, 6.45) is 1.62. The molecule has 128 valence electrons. The molecule has 0 saturated heterocycles. The van der Waals surface area contributed by atoms with Crippen LogP contribution in [0.15, 0.2) is 47.0 Å². The lowest BCUT2D eigenvalue weighted by atomic mass is 10.0. The maximum absolute atomic E-state index is 12.7. The van der Waals surface area contributed by atoms with Gasteiger partial charge in [-0.15, -0.1) is 0 Å². The SMILES string of the molecule is CN(CCc1cccc2ccccc12)C(=O)c1onc2c1CNCC2. The van der Waals surface area contributed by atoms with E-state index in [2.05, 4.69) is 46.9 Å². The Morgan fingerprint density at radius 3 is 3.00 bits per heavy atom. The molecule has 2 aromatic carbocycles. The fourth-order valence-electron chi connectivity index (χ4n) is 3.38. The lowest BCUT2D eigenvalue weighted by molar-refractivity contribution is 0.0753. The molecule has 1 aliphatic heterocycles. The number of hydrogen-bond donors (Lipinski definition) is 1. The summed E-state index contributed by atoms with van der Waals surface area (Å²) in [7, 11) is 1.82. The van der Waals surface area contributed by atoms with Gasteiger partial charge in [0.15, 0.2) is 0 Å². The summed E-state index contributed by atoms with van der Waals surface area (Å²) in [5, 5.41) is 9.79. The summed E-state index contributed by atoms with van der Waals surface area (Å²) in [5.41, 5.74) is 3.07. The molecule has 1 amide bonds. The van der Waals surface area contributed by atoms with Gasteiger partial charge in [0, 0.05) is 38.7 Å². The highest BCUT2D eigenvalue weighted by Gasteiger charge is 2.26. The first kappa shape index (κ1) is 15.8. The molecule has 1 aromatic heterocycles. The van der Waals surface area contributed by atoms with E-state index >= 15 is 0 Å². The van der Waals surface area contributed by atoms with Crippen molar-refractivity contribution in [3.63, 3.8) is 0 Å². The van der Waals surface area contributed by atoms with Crippen LogP contribution < -0.4 is 5.32 Å². The zero-order chi connectivity index (χ0) is 17.2. The fourth-order valence-corrected chi connectivity index (χ4v) is 3.38. The molecule has 0 bridgehead atoms. The highest BCUT2D eigenvalue weighted by molar-refractivity contribution is 5.93. The zero-order valence-electron chi connectivity index (χ0n) is 14.3. The van der Waals surface area contributed by atoms with E-state index in [0.29, 0.717) is 18.8 Å². The molecule has 0 unspecified atom stereocenters. The molecule has 4 rings (SSSR count). The number of fused-ring (bicyclic) bond motifs is 2. The molecule has 1 aliphatic rings. The van der Waals surface area contributed by atoms with Gasteiger partial charge in [-0.25, -0.2) is 0 Å². The van der Waals surface area contributed by atoms with E-state index in [-0.39, 0.29) is 5.91 Å². The molecule has 25 heavy (non-hydrogen) atoms. The molecular weight excluding hydrogens is 314 g/mol. The second-order valence-corrected chi connectivity index (χ2v) is 6.48. The van der Waals surface area contributed by atoms with E-state index in [9.17, 15) is 4.79 Å². The standard InChI is InChI=1S/C20H21N3O2/c1-23(20(24)19-17-13-21-11-9-18(17)22-25-19)12-10-15-7-4-6-14-5-2-3-8-16(14)15/h2-8,21H,9-13H2,1H3. The monoisotopic (exact) mass is 335 g/mol. The van der Waals surface area contributed by atoms with Crippen LogP contribution in [0, 0.1) is 0 Å². The van der Waals surface area contributed by atoms with Gasteiger partial charge in [-0.2, -0.15) is 0 Å². The summed E-state index contributed by atoms with van der Waals surface area (Å²) in [5.74, 6) is 0.278. The zero-order valence-corrected chi connectivity index (χ0v) is 14.3. The lowest BCUT2D eigenvalue weighted by Gasteiger charge is -2.18. The van der Waals surface area contributed by atoms with E-state index in [1.807, 2.05) is 13.1 Å². The highest BCUT2D eigenvalue weighted by atomic mass is 16.5. The first-order valence-corrected chi connectivity index (χ1v) is 8.64.